The molecule has 0 amide bonds. The van der Waals surface area contributed by atoms with E-state index in [-0.39, 0.29) is 11.3 Å². The summed E-state index contributed by atoms with van der Waals surface area (Å²) >= 11 is 0. The highest BCUT2D eigenvalue weighted by Crippen LogP contribution is 2.31. The molecule has 2 heterocycles. The molecule has 3 aromatic rings. The van der Waals surface area contributed by atoms with Gasteiger partial charge in [-0.25, -0.2) is 4.98 Å². The van der Waals surface area contributed by atoms with E-state index in [1.165, 1.54) is 16.8 Å². The summed E-state index contributed by atoms with van der Waals surface area (Å²) in [5, 5.41) is 0. The average Bonchev–Trinajstić information content (AvgIpc) is 2.91. The lowest BCUT2D eigenvalue weighted by molar-refractivity contribution is 0.590. The third-order valence-corrected chi connectivity index (χ3v) is 4.66. The summed E-state index contributed by atoms with van der Waals surface area (Å²) in [5.74, 6) is 0.250. The van der Waals surface area contributed by atoms with Crippen molar-refractivity contribution in [3.05, 3.63) is 59.4 Å². The van der Waals surface area contributed by atoms with E-state index in [1.807, 2.05) is 0 Å². The van der Waals surface area contributed by atoms with Crippen LogP contribution in [0, 0.1) is 6.92 Å². The Morgan fingerprint density at radius 3 is 2.38 bits per heavy atom. The van der Waals surface area contributed by atoms with Crippen LogP contribution in [0.4, 0.5) is 0 Å². The number of pyridine rings is 1. The fraction of sp³-hybridized carbons (Fsp3) is 0.381. The molecule has 0 bridgehead atoms. The minimum Gasteiger partial charge on any atom is -0.330 e. The highest BCUT2D eigenvalue weighted by atomic mass is 15.0. The van der Waals surface area contributed by atoms with Gasteiger partial charge >= 0.3 is 0 Å². The third kappa shape index (κ3) is 2.96. The standard InChI is InChI=1S/C21H27N3/c1-14-10-11-24-18(12-14)23-19(20(24)15(2)13-22)16-6-8-17(9-7-16)21(3,4)5/h6-12,15H,13,22H2,1-5H3. The molecule has 0 saturated carbocycles. The summed E-state index contributed by atoms with van der Waals surface area (Å²) in [4.78, 5) is 4.91. The number of rotatable bonds is 3. The monoisotopic (exact) mass is 321 g/mol. The van der Waals surface area contributed by atoms with Gasteiger partial charge in [-0.1, -0.05) is 52.0 Å². The highest BCUT2D eigenvalue weighted by Gasteiger charge is 2.19. The zero-order chi connectivity index (χ0) is 17.5. The van der Waals surface area contributed by atoms with Crippen molar-refractivity contribution in [2.45, 2.75) is 46.0 Å². The molecule has 24 heavy (non-hydrogen) atoms. The fourth-order valence-electron chi connectivity index (χ4n) is 3.09. The second-order valence-electron chi connectivity index (χ2n) is 7.74. The number of aryl methyl sites for hydroxylation is 1. The van der Waals surface area contributed by atoms with Crippen LogP contribution in [-0.2, 0) is 5.41 Å². The summed E-state index contributed by atoms with van der Waals surface area (Å²) in [6.45, 7) is 11.6. The topological polar surface area (TPSA) is 43.3 Å². The van der Waals surface area contributed by atoms with Crippen molar-refractivity contribution < 1.29 is 0 Å². The van der Waals surface area contributed by atoms with E-state index >= 15 is 0 Å². The number of fused-ring (bicyclic) bond motifs is 1. The first-order valence-corrected chi connectivity index (χ1v) is 8.61. The zero-order valence-corrected chi connectivity index (χ0v) is 15.3. The lowest BCUT2D eigenvalue weighted by atomic mass is 9.86. The summed E-state index contributed by atoms with van der Waals surface area (Å²) in [6.07, 6.45) is 2.10. The minimum absolute atomic E-state index is 0.155. The zero-order valence-electron chi connectivity index (χ0n) is 15.3. The fourth-order valence-corrected chi connectivity index (χ4v) is 3.09. The predicted molar refractivity (Wildman–Crippen MR) is 102 cm³/mol. The van der Waals surface area contributed by atoms with Crippen LogP contribution >= 0.6 is 0 Å². The van der Waals surface area contributed by atoms with Crippen LogP contribution in [0.2, 0.25) is 0 Å². The van der Waals surface area contributed by atoms with Gasteiger partial charge in [0.05, 0.1) is 11.4 Å². The Kier molecular flexibility index (Phi) is 4.22. The Hall–Kier alpha value is -2.13. The van der Waals surface area contributed by atoms with E-state index in [0.717, 1.165) is 16.9 Å². The van der Waals surface area contributed by atoms with Crippen LogP contribution in [-0.4, -0.2) is 15.9 Å². The molecule has 0 fully saturated rings. The van der Waals surface area contributed by atoms with Crippen LogP contribution in [0.3, 0.4) is 0 Å². The van der Waals surface area contributed by atoms with Gasteiger partial charge in [-0.2, -0.15) is 0 Å². The number of hydrogen-bond donors (Lipinski definition) is 1. The molecule has 126 valence electrons. The lowest BCUT2D eigenvalue weighted by Gasteiger charge is -2.19. The molecule has 1 aromatic carbocycles. The minimum atomic E-state index is 0.155. The maximum atomic E-state index is 5.97. The smallest absolute Gasteiger partial charge is 0.137 e. The quantitative estimate of drug-likeness (QED) is 0.762. The molecule has 2 aromatic heterocycles. The van der Waals surface area contributed by atoms with Crippen LogP contribution in [0.5, 0.6) is 0 Å². The van der Waals surface area contributed by atoms with Crippen molar-refractivity contribution in [1.29, 1.82) is 0 Å². The van der Waals surface area contributed by atoms with Crippen LogP contribution < -0.4 is 5.73 Å². The third-order valence-electron chi connectivity index (χ3n) is 4.66. The highest BCUT2D eigenvalue weighted by molar-refractivity contribution is 5.68. The summed E-state index contributed by atoms with van der Waals surface area (Å²) in [7, 11) is 0. The van der Waals surface area contributed by atoms with Gasteiger partial charge in [0.2, 0.25) is 0 Å². The average molecular weight is 321 g/mol. The van der Waals surface area contributed by atoms with E-state index in [1.54, 1.807) is 0 Å². The summed E-state index contributed by atoms with van der Waals surface area (Å²) < 4.78 is 2.18. The van der Waals surface area contributed by atoms with Gasteiger partial charge in [-0.3, -0.25) is 0 Å². The first kappa shape index (κ1) is 16.7. The molecule has 3 heteroatoms. The molecule has 2 N–H and O–H groups in total. The molecular formula is C21H27N3. The summed E-state index contributed by atoms with van der Waals surface area (Å²) in [5.41, 5.74) is 13.0. The first-order valence-electron chi connectivity index (χ1n) is 8.61. The van der Waals surface area contributed by atoms with Crippen molar-refractivity contribution >= 4 is 5.65 Å². The Morgan fingerprint density at radius 1 is 1.12 bits per heavy atom. The van der Waals surface area contributed by atoms with Gasteiger partial charge < -0.3 is 10.1 Å². The molecule has 1 atom stereocenters. The Morgan fingerprint density at radius 2 is 1.79 bits per heavy atom. The van der Waals surface area contributed by atoms with Crippen molar-refractivity contribution in [1.82, 2.24) is 9.38 Å². The van der Waals surface area contributed by atoms with Crippen molar-refractivity contribution in [3.8, 4) is 11.3 Å². The second-order valence-corrected chi connectivity index (χ2v) is 7.74. The largest absolute Gasteiger partial charge is 0.330 e. The second kappa shape index (κ2) is 6.06. The van der Waals surface area contributed by atoms with E-state index in [2.05, 4.69) is 81.6 Å². The molecule has 0 radical (unpaired) electrons. The van der Waals surface area contributed by atoms with Gasteiger partial charge in [-0.15, -0.1) is 0 Å². The van der Waals surface area contributed by atoms with E-state index in [9.17, 15) is 0 Å². The van der Waals surface area contributed by atoms with Crippen molar-refractivity contribution in [2.24, 2.45) is 5.73 Å². The van der Waals surface area contributed by atoms with Crippen LogP contribution in [0.15, 0.2) is 42.6 Å². The molecule has 1 unspecified atom stereocenters. The first-order chi connectivity index (χ1) is 11.3. The maximum Gasteiger partial charge on any atom is 0.137 e. The van der Waals surface area contributed by atoms with Gasteiger partial charge in [0.25, 0.3) is 0 Å². The molecular weight excluding hydrogens is 294 g/mol. The maximum absolute atomic E-state index is 5.97. The Labute approximate surface area is 144 Å². The Bertz CT molecular complexity index is 851. The van der Waals surface area contributed by atoms with Gasteiger partial charge in [-0.05, 0) is 35.6 Å². The molecule has 0 saturated heterocycles. The molecule has 3 rings (SSSR count). The lowest BCUT2D eigenvalue weighted by Crippen LogP contribution is -2.12. The normalized spacial score (nSPS) is 13.4. The van der Waals surface area contributed by atoms with Crippen LogP contribution in [0.1, 0.15) is 50.4 Å². The SMILES string of the molecule is Cc1ccn2c(C(C)CN)c(-c3ccc(C(C)(C)C)cc3)nc2c1. The number of imidazole rings is 1. The van der Waals surface area contributed by atoms with Crippen molar-refractivity contribution in [2.75, 3.05) is 6.54 Å². The van der Waals surface area contributed by atoms with Crippen molar-refractivity contribution in [3.63, 3.8) is 0 Å². The number of nitrogens with zero attached hydrogens (tertiary/aromatic N) is 2. The number of benzene rings is 1. The van der Waals surface area contributed by atoms with E-state index in [0.29, 0.717) is 6.54 Å². The van der Waals surface area contributed by atoms with E-state index < -0.39 is 0 Å². The molecule has 3 nitrogen and oxygen atoms in total. The van der Waals surface area contributed by atoms with E-state index in [4.69, 9.17) is 10.7 Å². The molecule has 0 spiro atoms. The number of hydrogen-bond acceptors (Lipinski definition) is 2. The number of nitrogens with two attached hydrogens (primary N) is 1. The predicted octanol–water partition coefficient (Wildman–Crippen LogP) is 4.67. The van der Waals surface area contributed by atoms with Gasteiger partial charge in [0, 0.05) is 24.2 Å². The molecule has 0 aliphatic carbocycles. The number of aromatic nitrogens is 2. The molecule has 0 aliphatic rings. The van der Waals surface area contributed by atoms with Gasteiger partial charge in [0.15, 0.2) is 0 Å². The molecule has 0 aliphatic heterocycles. The Balaban J connectivity index is 2.18. The van der Waals surface area contributed by atoms with Crippen LogP contribution in [0.25, 0.3) is 16.9 Å². The summed E-state index contributed by atoms with van der Waals surface area (Å²) in [6, 6.07) is 13.0. The van der Waals surface area contributed by atoms with Gasteiger partial charge in [0.1, 0.15) is 5.65 Å².